The van der Waals surface area contributed by atoms with Crippen molar-refractivity contribution in [1.29, 1.82) is 0 Å². The van der Waals surface area contributed by atoms with E-state index in [1.807, 2.05) is 51.1 Å². The van der Waals surface area contributed by atoms with Crippen molar-refractivity contribution in [3.8, 4) is 0 Å². The van der Waals surface area contributed by atoms with Gasteiger partial charge in [-0.2, -0.15) is 0 Å². The standard InChI is InChI=1S/C14H16O2/c1-4-14(3)9-12(13(15)16-14)11-7-5-6-10(2)8-11/h5-9H,4H2,1-3H3. The highest BCUT2D eigenvalue weighted by Crippen LogP contribution is 2.32. The van der Waals surface area contributed by atoms with Crippen LogP contribution < -0.4 is 0 Å². The minimum absolute atomic E-state index is 0.213. The van der Waals surface area contributed by atoms with Crippen LogP contribution >= 0.6 is 0 Å². The number of carbonyl (C=O) groups is 1. The number of ether oxygens (including phenoxy) is 1. The van der Waals surface area contributed by atoms with Gasteiger partial charge in [-0.25, -0.2) is 4.79 Å². The van der Waals surface area contributed by atoms with E-state index >= 15 is 0 Å². The van der Waals surface area contributed by atoms with Crippen LogP contribution in [-0.4, -0.2) is 11.6 Å². The fourth-order valence-corrected chi connectivity index (χ4v) is 1.85. The molecule has 0 radical (unpaired) electrons. The molecule has 1 aromatic carbocycles. The van der Waals surface area contributed by atoms with E-state index in [1.165, 1.54) is 0 Å². The molecular weight excluding hydrogens is 200 g/mol. The Bertz CT molecular complexity index is 460. The molecule has 0 spiro atoms. The Balaban J connectivity index is 2.42. The van der Waals surface area contributed by atoms with E-state index in [1.54, 1.807) is 0 Å². The van der Waals surface area contributed by atoms with Gasteiger partial charge in [0.05, 0.1) is 5.57 Å². The molecule has 0 aliphatic carbocycles. The predicted molar refractivity (Wildman–Crippen MR) is 63.9 cm³/mol. The SMILES string of the molecule is CCC1(C)C=C(c2cccc(C)c2)C(=O)O1. The number of carbonyl (C=O) groups excluding carboxylic acids is 1. The minimum atomic E-state index is -0.434. The summed E-state index contributed by atoms with van der Waals surface area (Å²) < 4.78 is 5.37. The topological polar surface area (TPSA) is 26.3 Å². The van der Waals surface area contributed by atoms with Gasteiger partial charge in [0.1, 0.15) is 5.60 Å². The lowest BCUT2D eigenvalue weighted by molar-refractivity contribution is -0.143. The summed E-state index contributed by atoms with van der Waals surface area (Å²) in [6, 6.07) is 7.93. The van der Waals surface area contributed by atoms with E-state index in [0.29, 0.717) is 5.57 Å². The number of rotatable bonds is 2. The second kappa shape index (κ2) is 3.78. The number of hydrogen-bond acceptors (Lipinski definition) is 2. The third kappa shape index (κ3) is 1.87. The Labute approximate surface area is 95.9 Å². The Hall–Kier alpha value is -1.57. The van der Waals surface area contributed by atoms with Gasteiger partial charge in [-0.05, 0) is 31.9 Å². The molecule has 1 heterocycles. The number of cyclic esters (lactones) is 1. The second-order valence-corrected chi connectivity index (χ2v) is 4.48. The Kier molecular flexibility index (Phi) is 2.58. The third-order valence-corrected chi connectivity index (χ3v) is 3.03. The van der Waals surface area contributed by atoms with Gasteiger partial charge >= 0.3 is 5.97 Å². The highest BCUT2D eigenvalue weighted by Gasteiger charge is 2.34. The summed E-state index contributed by atoms with van der Waals surface area (Å²) in [5.41, 5.74) is 2.35. The normalized spacial score (nSPS) is 24.2. The highest BCUT2D eigenvalue weighted by atomic mass is 16.6. The van der Waals surface area contributed by atoms with Crippen LogP contribution in [0.2, 0.25) is 0 Å². The summed E-state index contributed by atoms with van der Waals surface area (Å²) in [4.78, 5) is 11.8. The van der Waals surface area contributed by atoms with Crippen molar-refractivity contribution in [2.75, 3.05) is 0 Å². The van der Waals surface area contributed by atoms with Gasteiger partial charge in [0.2, 0.25) is 0 Å². The summed E-state index contributed by atoms with van der Waals surface area (Å²) in [6.45, 7) is 5.97. The van der Waals surface area contributed by atoms with E-state index < -0.39 is 5.60 Å². The molecule has 2 heteroatoms. The lowest BCUT2D eigenvalue weighted by Gasteiger charge is -2.17. The lowest BCUT2D eigenvalue weighted by atomic mass is 9.98. The molecule has 1 aliphatic rings. The van der Waals surface area contributed by atoms with Gasteiger partial charge in [0.25, 0.3) is 0 Å². The molecule has 2 nitrogen and oxygen atoms in total. The summed E-state index contributed by atoms with van der Waals surface area (Å²) in [5, 5.41) is 0. The minimum Gasteiger partial charge on any atom is -0.451 e. The van der Waals surface area contributed by atoms with E-state index in [-0.39, 0.29) is 5.97 Å². The molecule has 1 atom stereocenters. The largest absolute Gasteiger partial charge is 0.451 e. The molecular formula is C14H16O2. The predicted octanol–water partition coefficient (Wildman–Crippen LogP) is 3.10. The van der Waals surface area contributed by atoms with Gasteiger partial charge in [-0.3, -0.25) is 0 Å². The Morgan fingerprint density at radius 3 is 2.69 bits per heavy atom. The molecule has 16 heavy (non-hydrogen) atoms. The van der Waals surface area contributed by atoms with Crippen LogP contribution in [-0.2, 0) is 9.53 Å². The lowest BCUT2D eigenvalue weighted by Crippen LogP contribution is -2.21. The van der Waals surface area contributed by atoms with Crippen LogP contribution in [0.5, 0.6) is 0 Å². The van der Waals surface area contributed by atoms with Crippen molar-refractivity contribution in [2.45, 2.75) is 32.8 Å². The van der Waals surface area contributed by atoms with Crippen molar-refractivity contribution in [3.63, 3.8) is 0 Å². The van der Waals surface area contributed by atoms with E-state index in [9.17, 15) is 4.79 Å². The molecule has 0 N–H and O–H groups in total. The summed E-state index contributed by atoms with van der Waals surface area (Å²) in [5.74, 6) is -0.213. The average Bonchev–Trinajstić information content (AvgIpc) is 2.55. The molecule has 84 valence electrons. The summed E-state index contributed by atoms with van der Waals surface area (Å²) in [6.07, 6.45) is 2.73. The van der Waals surface area contributed by atoms with Gasteiger partial charge in [-0.1, -0.05) is 36.8 Å². The van der Waals surface area contributed by atoms with Crippen LogP contribution in [0.4, 0.5) is 0 Å². The van der Waals surface area contributed by atoms with E-state index in [2.05, 4.69) is 0 Å². The van der Waals surface area contributed by atoms with Gasteiger partial charge in [-0.15, -0.1) is 0 Å². The Morgan fingerprint density at radius 1 is 1.38 bits per heavy atom. The first-order valence-corrected chi connectivity index (χ1v) is 5.57. The zero-order valence-corrected chi connectivity index (χ0v) is 9.91. The highest BCUT2D eigenvalue weighted by molar-refractivity contribution is 6.18. The molecule has 0 saturated heterocycles. The molecule has 0 saturated carbocycles. The van der Waals surface area contributed by atoms with Crippen molar-refractivity contribution in [3.05, 3.63) is 41.5 Å². The van der Waals surface area contributed by atoms with Crippen molar-refractivity contribution < 1.29 is 9.53 Å². The Morgan fingerprint density at radius 2 is 2.12 bits per heavy atom. The van der Waals surface area contributed by atoms with Gasteiger partial charge in [0.15, 0.2) is 0 Å². The van der Waals surface area contributed by atoms with Gasteiger partial charge < -0.3 is 4.74 Å². The number of esters is 1. The van der Waals surface area contributed by atoms with Crippen LogP contribution in [0.15, 0.2) is 30.3 Å². The zero-order chi connectivity index (χ0) is 11.8. The maximum atomic E-state index is 11.8. The van der Waals surface area contributed by atoms with Crippen LogP contribution in [0.1, 0.15) is 31.4 Å². The van der Waals surface area contributed by atoms with Crippen LogP contribution in [0.3, 0.4) is 0 Å². The number of benzene rings is 1. The third-order valence-electron chi connectivity index (χ3n) is 3.03. The quantitative estimate of drug-likeness (QED) is 0.710. The second-order valence-electron chi connectivity index (χ2n) is 4.48. The first-order valence-electron chi connectivity index (χ1n) is 5.57. The molecule has 0 bridgehead atoms. The molecule has 2 rings (SSSR count). The van der Waals surface area contributed by atoms with Crippen molar-refractivity contribution in [2.24, 2.45) is 0 Å². The van der Waals surface area contributed by atoms with Crippen molar-refractivity contribution >= 4 is 11.5 Å². The number of aryl methyl sites for hydroxylation is 1. The first-order chi connectivity index (χ1) is 7.54. The fourth-order valence-electron chi connectivity index (χ4n) is 1.85. The first kappa shape index (κ1) is 10.9. The van der Waals surface area contributed by atoms with Crippen LogP contribution in [0, 0.1) is 6.92 Å². The van der Waals surface area contributed by atoms with Crippen LogP contribution in [0.25, 0.3) is 5.57 Å². The van der Waals surface area contributed by atoms with E-state index in [4.69, 9.17) is 4.74 Å². The molecule has 1 aliphatic heterocycles. The average molecular weight is 216 g/mol. The maximum absolute atomic E-state index is 11.8. The molecule has 0 fully saturated rings. The zero-order valence-electron chi connectivity index (χ0n) is 9.91. The van der Waals surface area contributed by atoms with Crippen molar-refractivity contribution in [1.82, 2.24) is 0 Å². The monoisotopic (exact) mass is 216 g/mol. The molecule has 1 unspecified atom stereocenters. The fraction of sp³-hybridized carbons (Fsp3) is 0.357. The summed E-state index contributed by atoms with van der Waals surface area (Å²) in [7, 11) is 0. The smallest absolute Gasteiger partial charge is 0.339 e. The maximum Gasteiger partial charge on any atom is 0.339 e. The summed E-state index contributed by atoms with van der Waals surface area (Å²) >= 11 is 0. The molecule has 0 aromatic heterocycles. The van der Waals surface area contributed by atoms with Gasteiger partial charge in [0, 0.05) is 0 Å². The number of hydrogen-bond donors (Lipinski definition) is 0. The van der Waals surface area contributed by atoms with E-state index in [0.717, 1.165) is 17.5 Å². The molecule has 1 aromatic rings. The molecule has 0 amide bonds.